The highest BCUT2D eigenvalue weighted by molar-refractivity contribution is 5.09. The second kappa shape index (κ2) is 4.62. The molecule has 2 heterocycles. The van der Waals surface area contributed by atoms with E-state index in [-0.39, 0.29) is 0 Å². The predicted octanol–water partition coefficient (Wildman–Crippen LogP) is 1.29. The van der Waals surface area contributed by atoms with E-state index < -0.39 is 0 Å². The highest BCUT2D eigenvalue weighted by Gasteiger charge is 2.12. The molecule has 1 aromatic heterocycles. The summed E-state index contributed by atoms with van der Waals surface area (Å²) in [5.74, 6) is 0. The molecule has 1 aliphatic rings. The van der Waals surface area contributed by atoms with E-state index in [9.17, 15) is 0 Å². The summed E-state index contributed by atoms with van der Waals surface area (Å²) in [6.45, 7) is 2.76. The van der Waals surface area contributed by atoms with Crippen LogP contribution in [0.5, 0.6) is 0 Å². The quantitative estimate of drug-likeness (QED) is 0.785. The fourth-order valence-corrected chi connectivity index (χ4v) is 1.83. The molecule has 3 nitrogen and oxygen atoms in total. The van der Waals surface area contributed by atoms with Crippen LogP contribution in [0.25, 0.3) is 0 Å². The van der Waals surface area contributed by atoms with E-state index in [1.165, 1.54) is 18.4 Å². The van der Waals surface area contributed by atoms with Crippen molar-refractivity contribution in [3.8, 4) is 0 Å². The van der Waals surface area contributed by atoms with E-state index >= 15 is 0 Å². The van der Waals surface area contributed by atoms with Crippen molar-refractivity contribution in [2.75, 3.05) is 13.2 Å². The Morgan fingerprint density at radius 1 is 1.64 bits per heavy atom. The van der Waals surface area contributed by atoms with Crippen LogP contribution in [0, 0.1) is 0 Å². The van der Waals surface area contributed by atoms with Gasteiger partial charge in [0.15, 0.2) is 0 Å². The number of nitrogens with one attached hydrogen (secondary N) is 1. The van der Waals surface area contributed by atoms with Gasteiger partial charge in [0.25, 0.3) is 0 Å². The van der Waals surface area contributed by atoms with Crippen LogP contribution in [0.1, 0.15) is 18.4 Å². The molecule has 1 N–H and O–H groups in total. The monoisotopic (exact) mass is 194 g/mol. The van der Waals surface area contributed by atoms with Gasteiger partial charge in [0, 0.05) is 38.6 Å². The second-order valence-electron chi connectivity index (χ2n) is 3.98. The molecule has 1 saturated heterocycles. The first-order valence-electron chi connectivity index (χ1n) is 5.26. The lowest BCUT2D eigenvalue weighted by molar-refractivity contribution is 0.0699. The molecule has 0 aromatic carbocycles. The predicted molar refractivity (Wildman–Crippen MR) is 56.1 cm³/mol. The zero-order valence-electron chi connectivity index (χ0n) is 8.70. The largest absolute Gasteiger partial charge is 0.380 e. The zero-order valence-corrected chi connectivity index (χ0v) is 8.70. The van der Waals surface area contributed by atoms with Crippen LogP contribution in [-0.4, -0.2) is 23.8 Å². The summed E-state index contributed by atoms with van der Waals surface area (Å²) in [7, 11) is 2.05. The minimum atomic E-state index is 0.545. The van der Waals surface area contributed by atoms with Crippen molar-refractivity contribution in [2.45, 2.75) is 25.4 Å². The van der Waals surface area contributed by atoms with Crippen LogP contribution < -0.4 is 5.32 Å². The maximum Gasteiger partial charge on any atom is 0.0619 e. The number of rotatable bonds is 3. The zero-order chi connectivity index (χ0) is 9.80. The van der Waals surface area contributed by atoms with E-state index in [0.717, 1.165) is 19.8 Å². The molecule has 0 bridgehead atoms. The number of nitrogens with zero attached hydrogens (tertiary/aromatic N) is 1. The molecule has 0 unspecified atom stereocenters. The van der Waals surface area contributed by atoms with Crippen LogP contribution in [0.3, 0.4) is 0 Å². The lowest BCUT2D eigenvalue weighted by Crippen LogP contribution is -2.36. The topological polar surface area (TPSA) is 26.2 Å². The summed E-state index contributed by atoms with van der Waals surface area (Å²) < 4.78 is 7.49. The van der Waals surface area contributed by atoms with Crippen molar-refractivity contribution in [1.82, 2.24) is 9.88 Å². The number of aromatic nitrogens is 1. The summed E-state index contributed by atoms with van der Waals surface area (Å²) in [5, 5.41) is 3.51. The average molecular weight is 194 g/mol. The van der Waals surface area contributed by atoms with Crippen molar-refractivity contribution in [3.05, 3.63) is 24.0 Å². The third kappa shape index (κ3) is 2.59. The molecule has 0 radical (unpaired) electrons. The van der Waals surface area contributed by atoms with Crippen molar-refractivity contribution < 1.29 is 4.74 Å². The van der Waals surface area contributed by atoms with Gasteiger partial charge in [0.2, 0.25) is 0 Å². The van der Waals surface area contributed by atoms with Crippen LogP contribution in [-0.2, 0) is 18.3 Å². The first kappa shape index (κ1) is 9.74. The van der Waals surface area contributed by atoms with Crippen molar-refractivity contribution in [3.63, 3.8) is 0 Å². The van der Waals surface area contributed by atoms with Crippen LogP contribution in [0.4, 0.5) is 0 Å². The summed E-state index contributed by atoms with van der Waals surface area (Å²) >= 11 is 0. The number of hydrogen-bond acceptors (Lipinski definition) is 2. The summed E-state index contributed by atoms with van der Waals surface area (Å²) in [6, 6.07) is 2.69. The molecule has 2 rings (SSSR count). The Bertz CT molecular complexity index is 277. The average Bonchev–Trinajstić information content (AvgIpc) is 2.63. The molecule has 78 valence electrons. The van der Waals surface area contributed by atoms with Gasteiger partial charge < -0.3 is 14.6 Å². The van der Waals surface area contributed by atoms with Crippen molar-refractivity contribution >= 4 is 0 Å². The Kier molecular flexibility index (Phi) is 3.22. The van der Waals surface area contributed by atoms with Gasteiger partial charge in [0.1, 0.15) is 0 Å². The van der Waals surface area contributed by atoms with E-state index in [1.807, 2.05) is 7.05 Å². The maximum atomic E-state index is 5.41. The molecule has 0 saturated carbocycles. The Balaban J connectivity index is 1.76. The van der Waals surface area contributed by atoms with Gasteiger partial charge in [-0.15, -0.1) is 0 Å². The molecule has 14 heavy (non-hydrogen) atoms. The summed E-state index contributed by atoms with van der Waals surface area (Å²) in [5.41, 5.74) is 1.35. The molecular weight excluding hydrogens is 176 g/mol. The first-order valence-corrected chi connectivity index (χ1v) is 5.26. The number of aryl methyl sites for hydroxylation is 1. The SMILES string of the molecule is Cn1ccc(CN[C@@H]2CCCOC2)c1. The van der Waals surface area contributed by atoms with Gasteiger partial charge in [-0.05, 0) is 24.5 Å². The van der Waals surface area contributed by atoms with Gasteiger partial charge in [-0.2, -0.15) is 0 Å². The van der Waals surface area contributed by atoms with Gasteiger partial charge in [-0.25, -0.2) is 0 Å². The highest BCUT2D eigenvalue weighted by Crippen LogP contribution is 2.07. The third-order valence-corrected chi connectivity index (χ3v) is 2.65. The Morgan fingerprint density at radius 3 is 3.21 bits per heavy atom. The maximum absolute atomic E-state index is 5.41. The third-order valence-electron chi connectivity index (χ3n) is 2.65. The van der Waals surface area contributed by atoms with E-state index in [1.54, 1.807) is 0 Å². The lowest BCUT2D eigenvalue weighted by Gasteiger charge is -2.22. The lowest BCUT2D eigenvalue weighted by atomic mass is 10.1. The minimum absolute atomic E-state index is 0.545. The van der Waals surface area contributed by atoms with E-state index in [4.69, 9.17) is 4.74 Å². The molecule has 1 aliphatic heterocycles. The Morgan fingerprint density at radius 2 is 2.57 bits per heavy atom. The molecule has 1 atom stereocenters. The molecule has 0 spiro atoms. The first-order chi connectivity index (χ1) is 6.84. The Hall–Kier alpha value is -0.800. The molecular formula is C11H18N2O. The van der Waals surface area contributed by atoms with Crippen LogP contribution in [0.2, 0.25) is 0 Å². The highest BCUT2D eigenvalue weighted by atomic mass is 16.5. The van der Waals surface area contributed by atoms with Crippen LogP contribution in [0.15, 0.2) is 18.5 Å². The molecule has 0 aliphatic carbocycles. The van der Waals surface area contributed by atoms with Gasteiger partial charge in [-0.1, -0.05) is 0 Å². The molecule has 0 amide bonds. The van der Waals surface area contributed by atoms with Gasteiger partial charge >= 0.3 is 0 Å². The van der Waals surface area contributed by atoms with Gasteiger partial charge in [-0.3, -0.25) is 0 Å². The minimum Gasteiger partial charge on any atom is -0.380 e. The molecule has 3 heteroatoms. The fourth-order valence-electron chi connectivity index (χ4n) is 1.83. The smallest absolute Gasteiger partial charge is 0.0619 e. The van der Waals surface area contributed by atoms with E-state index in [2.05, 4.69) is 28.3 Å². The normalized spacial score (nSPS) is 22.5. The Labute approximate surface area is 85.1 Å². The van der Waals surface area contributed by atoms with Crippen molar-refractivity contribution in [1.29, 1.82) is 0 Å². The van der Waals surface area contributed by atoms with Crippen LogP contribution >= 0.6 is 0 Å². The summed E-state index contributed by atoms with van der Waals surface area (Å²) in [4.78, 5) is 0. The molecule has 1 aromatic rings. The molecule has 1 fully saturated rings. The fraction of sp³-hybridized carbons (Fsp3) is 0.636. The second-order valence-corrected chi connectivity index (χ2v) is 3.98. The standard InChI is InChI=1S/C11H18N2O/c1-13-5-4-10(8-13)7-12-11-3-2-6-14-9-11/h4-5,8,11-12H,2-3,6-7,9H2,1H3/t11-/m1/s1. The summed E-state index contributed by atoms with van der Waals surface area (Å²) in [6.07, 6.45) is 6.66. The van der Waals surface area contributed by atoms with E-state index in [0.29, 0.717) is 6.04 Å². The number of hydrogen-bond donors (Lipinski definition) is 1. The van der Waals surface area contributed by atoms with Crippen molar-refractivity contribution in [2.24, 2.45) is 7.05 Å². The van der Waals surface area contributed by atoms with Gasteiger partial charge in [0.05, 0.1) is 6.61 Å². The number of ether oxygens (including phenoxy) is 1.